The largest absolute Gasteiger partial charge is 0.493 e. The zero-order valence-electron chi connectivity index (χ0n) is 16.3. The van der Waals surface area contributed by atoms with E-state index in [1.54, 1.807) is 0 Å². The third-order valence-electron chi connectivity index (χ3n) is 4.88. The molecule has 0 bridgehead atoms. The number of amides is 1. The SMILES string of the molecule is COc1ccc(C(=O)NCCCOC2CCCc3ccccc32)cc1OC(F)F. The van der Waals surface area contributed by atoms with Gasteiger partial charge in [0.15, 0.2) is 11.5 Å². The molecular formula is C22H25F2NO4. The molecule has 1 unspecified atom stereocenters. The topological polar surface area (TPSA) is 56.8 Å². The summed E-state index contributed by atoms with van der Waals surface area (Å²) < 4.78 is 40.4. The zero-order chi connectivity index (χ0) is 20.6. The fourth-order valence-corrected chi connectivity index (χ4v) is 3.49. The molecule has 29 heavy (non-hydrogen) atoms. The lowest BCUT2D eigenvalue weighted by molar-refractivity contribution is -0.0512. The van der Waals surface area contributed by atoms with Crippen molar-refractivity contribution in [1.82, 2.24) is 5.32 Å². The second kappa shape index (κ2) is 10.2. The zero-order valence-corrected chi connectivity index (χ0v) is 16.3. The molecular weight excluding hydrogens is 380 g/mol. The van der Waals surface area contributed by atoms with E-state index >= 15 is 0 Å². The normalized spacial score (nSPS) is 15.7. The number of fused-ring (bicyclic) bond motifs is 1. The van der Waals surface area contributed by atoms with E-state index in [2.05, 4.69) is 22.2 Å². The molecule has 0 saturated heterocycles. The van der Waals surface area contributed by atoms with Crippen molar-refractivity contribution in [1.29, 1.82) is 0 Å². The highest BCUT2D eigenvalue weighted by Gasteiger charge is 2.20. The minimum Gasteiger partial charge on any atom is -0.493 e. The van der Waals surface area contributed by atoms with Crippen molar-refractivity contribution in [2.24, 2.45) is 0 Å². The second-order valence-electron chi connectivity index (χ2n) is 6.80. The summed E-state index contributed by atoms with van der Waals surface area (Å²) in [5.41, 5.74) is 2.83. The standard InChI is InChI=1S/C22H25F2NO4/c1-27-19-11-10-16(14-20(19)29-22(23)24)21(26)25-12-5-13-28-18-9-4-7-15-6-2-3-8-17(15)18/h2-3,6,8,10-11,14,18,22H,4-5,7,9,12-13H2,1H3,(H,25,26). The van der Waals surface area contributed by atoms with E-state index < -0.39 is 6.61 Å². The van der Waals surface area contributed by atoms with Gasteiger partial charge in [-0.15, -0.1) is 0 Å². The third-order valence-corrected chi connectivity index (χ3v) is 4.88. The lowest BCUT2D eigenvalue weighted by atomic mass is 9.89. The Bertz CT molecular complexity index is 828. The van der Waals surface area contributed by atoms with Crippen LogP contribution in [0.2, 0.25) is 0 Å². The van der Waals surface area contributed by atoms with Gasteiger partial charge in [0.1, 0.15) is 0 Å². The molecule has 0 fully saturated rings. The molecule has 1 aliphatic carbocycles. The van der Waals surface area contributed by atoms with Crippen LogP contribution in [0.4, 0.5) is 8.78 Å². The first-order valence-corrected chi connectivity index (χ1v) is 9.69. The van der Waals surface area contributed by atoms with Crippen LogP contribution in [-0.4, -0.2) is 32.8 Å². The average molecular weight is 405 g/mol. The number of alkyl halides is 2. The van der Waals surface area contributed by atoms with E-state index in [0.29, 0.717) is 19.6 Å². The van der Waals surface area contributed by atoms with Gasteiger partial charge >= 0.3 is 6.61 Å². The first kappa shape index (κ1) is 21.0. The number of halogens is 2. The van der Waals surface area contributed by atoms with Gasteiger partial charge in [-0.3, -0.25) is 4.79 Å². The van der Waals surface area contributed by atoms with Crippen LogP contribution in [0, 0.1) is 0 Å². The molecule has 0 saturated carbocycles. The quantitative estimate of drug-likeness (QED) is 0.624. The molecule has 2 aromatic carbocycles. The van der Waals surface area contributed by atoms with Crippen LogP contribution in [0.5, 0.6) is 11.5 Å². The van der Waals surface area contributed by atoms with Gasteiger partial charge in [0.05, 0.1) is 13.2 Å². The number of hydrogen-bond acceptors (Lipinski definition) is 4. The first-order chi connectivity index (χ1) is 14.1. The van der Waals surface area contributed by atoms with Crippen molar-refractivity contribution >= 4 is 5.91 Å². The Kier molecular flexibility index (Phi) is 7.41. The Balaban J connectivity index is 1.46. The molecule has 0 radical (unpaired) electrons. The molecule has 0 aromatic heterocycles. The van der Waals surface area contributed by atoms with Crippen molar-refractivity contribution in [3.05, 3.63) is 59.2 Å². The number of rotatable bonds is 9. The molecule has 2 aromatic rings. The summed E-state index contributed by atoms with van der Waals surface area (Å²) in [6.45, 7) is -2.05. The fraction of sp³-hybridized carbons (Fsp3) is 0.409. The molecule has 0 heterocycles. The molecule has 0 aliphatic heterocycles. The summed E-state index contributed by atoms with van der Waals surface area (Å²) in [4.78, 5) is 12.3. The molecule has 0 spiro atoms. The van der Waals surface area contributed by atoms with E-state index in [9.17, 15) is 13.6 Å². The van der Waals surface area contributed by atoms with E-state index in [4.69, 9.17) is 9.47 Å². The van der Waals surface area contributed by atoms with Gasteiger partial charge in [0.25, 0.3) is 5.91 Å². The van der Waals surface area contributed by atoms with Gasteiger partial charge in [0.2, 0.25) is 0 Å². The predicted octanol–water partition coefficient (Wildman–Crippen LogP) is 4.51. The molecule has 1 aliphatic rings. The van der Waals surface area contributed by atoms with Gasteiger partial charge in [-0.2, -0.15) is 8.78 Å². The number of ether oxygens (including phenoxy) is 3. The number of methoxy groups -OCH3 is 1. The van der Waals surface area contributed by atoms with Crippen molar-refractivity contribution in [3.63, 3.8) is 0 Å². The molecule has 7 heteroatoms. The highest BCUT2D eigenvalue weighted by atomic mass is 19.3. The maximum atomic E-state index is 12.5. The van der Waals surface area contributed by atoms with Gasteiger partial charge in [-0.1, -0.05) is 24.3 Å². The summed E-state index contributed by atoms with van der Waals surface area (Å²) >= 11 is 0. The predicted molar refractivity (Wildman–Crippen MR) is 105 cm³/mol. The van der Waals surface area contributed by atoms with Crippen LogP contribution in [0.15, 0.2) is 42.5 Å². The first-order valence-electron chi connectivity index (χ1n) is 9.69. The van der Waals surface area contributed by atoms with Crippen molar-refractivity contribution in [2.45, 2.75) is 38.4 Å². The van der Waals surface area contributed by atoms with Gasteiger partial charge < -0.3 is 19.5 Å². The number of benzene rings is 2. The fourth-order valence-electron chi connectivity index (χ4n) is 3.49. The smallest absolute Gasteiger partial charge is 0.387 e. The van der Waals surface area contributed by atoms with Crippen LogP contribution >= 0.6 is 0 Å². The van der Waals surface area contributed by atoms with Crippen LogP contribution in [0.25, 0.3) is 0 Å². The van der Waals surface area contributed by atoms with Crippen LogP contribution in [0.3, 0.4) is 0 Å². The van der Waals surface area contributed by atoms with Gasteiger partial charge in [0, 0.05) is 18.7 Å². The van der Waals surface area contributed by atoms with Crippen molar-refractivity contribution < 1.29 is 27.8 Å². The summed E-state index contributed by atoms with van der Waals surface area (Å²) in [5, 5.41) is 2.77. The van der Waals surface area contributed by atoms with E-state index in [1.165, 1.54) is 36.4 Å². The third kappa shape index (κ3) is 5.67. The lowest BCUT2D eigenvalue weighted by Gasteiger charge is -2.25. The average Bonchev–Trinajstić information content (AvgIpc) is 2.73. The van der Waals surface area contributed by atoms with Crippen LogP contribution < -0.4 is 14.8 Å². The number of nitrogens with one attached hydrogen (secondary N) is 1. The van der Waals surface area contributed by atoms with E-state index in [1.807, 2.05) is 12.1 Å². The van der Waals surface area contributed by atoms with Crippen molar-refractivity contribution in [3.8, 4) is 11.5 Å². The van der Waals surface area contributed by atoms with Gasteiger partial charge in [-0.05, 0) is 55.0 Å². The Morgan fingerprint density at radius 2 is 2.03 bits per heavy atom. The summed E-state index contributed by atoms with van der Waals surface area (Å²) in [6, 6.07) is 12.5. The number of aryl methyl sites for hydroxylation is 1. The van der Waals surface area contributed by atoms with Crippen LogP contribution in [-0.2, 0) is 11.2 Å². The minimum atomic E-state index is -3.00. The number of carbonyl (C=O) groups excluding carboxylic acids is 1. The maximum Gasteiger partial charge on any atom is 0.387 e. The highest BCUT2D eigenvalue weighted by molar-refractivity contribution is 5.94. The molecule has 3 rings (SSSR count). The monoisotopic (exact) mass is 405 g/mol. The van der Waals surface area contributed by atoms with Gasteiger partial charge in [-0.25, -0.2) is 0 Å². The Labute approximate surface area is 169 Å². The second-order valence-corrected chi connectivity index (χ2v) is 6.80. The van der Waals surface area contributed by atoms with Crippen molar-refractivity contribution in [2.75, 3.05) is 20.3 Å². The summed E-state index contributed by atoms with van der Waals surface area (Å²) in [7, 11) is 1.35. The van der Waals surface area contributed by atoms with E-state index in [-0.39, 0.29) is 29.1 Å². The lowest BCUT2D eigenvalue weighted by Crippen LogP contribution is -2.25. The maximum absolute atomic E-state index is 12.5. The highest BCUT2D eigenvalue weighted by Crippen LogP contribution is 2.32. The van der Waals surface area contributed by atoms with Crippen LogP contribution in [0.1, 0.15) is 46.9 Å². The minimum absolute atomic E-state index is 0.103. The molecule has 1 N–H and O–H groups in total. The Morgan fingerprint density at radius 3 is 2.83 bits per heavy atom. The number of hydrogen-bond donors (Lipinski definition) is 1. The Hall–Kier alpha value is -2.67. The molecule has 156 valence electrons. The number of carbonyl (C=O) groups is 1. The Morgan fingerprint density at radius 1 is 1.21 bits per heavy atom. The summed E-state index contributed by atoms with van der Waals surface area (Å²) in [5.74, 6) is -0.396. The van der Waals surface area contributed by atoms with E-state index in [0.717, 1.165) is 19.3 Å². The molecule has 1 amide bonds. The molecule has 5 nitrogen and oxygen atoms in total. The summed E-state index contributed by atoms with van der Waals surface area (Å²) in [6.07, 6.45) is 3.96. The molecule has 1 atom stereocenters.